The van der Waals surface area contributed by atoms with E-state index in [-0.39, 0.29) is 0 Å². The Labute approximate surface area is 91.0 Å². The van der Waals surface area contributed by atoms with Gasteiger partial charge in [0.05, 0.1) is 5.69 Å². The van der Waals surface area contributed by atoms with Gasteiger partial charge >= 0.3 is 0 Å². The van der Waals surface area contributed by atoms with Crippen molar-refractivity contribution in [3.63, 3.8) is 0 Å². The molecule has 0 saturated heterocycles. The molecule has 3 unspecified atom stereocenters. The average molecular weight is 205 g/mol. The molecular weight excluding hydrogens is 186 g/mol. The first-order valence-electron chi connectivity index (χ1n) is 6.00. The molecule has 3 atom stereocenters. The number of nitrogens with zero attached hydrogens (tertiary/aromatic N) is 1. The highest BCUT2D eigenvalue weighted by molar-refractivity contribution is 5.30. The molecule has 1 heterocycles. The Morgan fingerprint density at radius 2 is 2.20 bits per heavy atom. The van der Waals surface area contributed by atoms with E-state index < -0.39 is 0 Å². The van der Waals surface area contributed by atoms with Crippen LogP contribution in [0.1, 0.15) is 45.7 Å². The van der Waals surface area contributed by atoms with Crippen molar-refractivity contribution in [2.45, 2.75) is 45.4 Å². The summed E-state index contributed by atoms with van der Waals surface area (Å²) >= 11 is 0. The van der Waals surface area contributed by atoms with Crippen molar-refractivity contribution >= 4 is 0 Å². The normalized spacial score (nSPS) is 42.3. The molecule has 0 aromatic carbocycles. The van der Waals surface area contributed by atoms with Gasteiger partial charge in [-0.3, -0.25) is 0 Å². The fraction of sp³-hybridized carbons (Fsp3) is 0.769. The summed E-state index contributed by atoms with van der Waals surface area (Å²) in [4.78, 5) is 0. The highest BCUT2D eigenvalue weighted by atomic mass is 16.5. The minimum absolute atomic E-state index is 0.295. The molecule has 1 aromatic heterocycles. The van der Waals surface area contributed by atoms with Gasteiger partial charge in [0.2, 0.25) is 0 Å². The molecule has 2 bridgehead atoms. The first kappa shape index (κ1) is 9.44. The van der Waals surface area contributed by atoms with Crippen molar-refractivity contribution in [1.29, 1.82) is 0 Å². The Hall–Kier alpha value is -0.790. The van der Waals surface area contributed by atoms with E-state index in [0.29, 0.717) is 10.8 Å². The molecule has 0 aliphatic heterocycles. The zero-order valence-electron chi connectivity index (χ0n) is 9.79. The first-order valence-corrected chi connectivity index (χ1v) is 6.00. The van der Waals surface area contributed by atoms with Gasteiger partial charge in [0.1, 0.15) is 6.26 Å². The van der Waals surface area contributed by atoms with Crippen LogP contribution in [0, 0.1) is 17.3 Å². The van der Waals surface area contributed by atoms with Gasteiger partial charge in [-0.15, -0.1) is 0 Å². The minimum atomic E-state index is 0.295. The van der Waals surface area contributed by atoms with Gasteiger partial charge in [0.15, 0.2) is 0 Å². The molecule has 15 heavy (non-hydrogen) atoms. The number of aromatic nitrogens is 1. The molecule has 0 radical (unpaired) electrons. The summed E-state index contributed by atoms with van der Waals surface area (Å²) < 4.78 is 5.05. The third-order valence-electron chi connectivity index (χ3n) is 5.42. The Morgan fingerprint density at radius 1 is 1.40 bits per heavy atom. The van der Waals surface area contributed by atoms with Crippen LogP contribution in [0.3, 0.4) is 0 Å². The van der Waals surface area contributed by atoms with Crippen molar-refractivity contribution < 1.29 is 4.52 Å². The molecule has 0 N–H and O–H groups in total. The number of hydrogen-bond donors (Lipinski definition) is 0. The maximum atomic E-state index is 5.05. The third kappa shape index (κ3) is 0.889. The second-order valence-electron chi connectivity index (χ2n) is 5.96. The molecule has 1 aromatic rings. The lowest BCUT2D eigenvalue weighted by atomic mass is 9.36. The van der Waals surface area contributed by atoms with Crippen LogP contribution in [0.25, 0.3) is 0 Å². The first-order chi connectivity index (χ1) is 7.09. The van der Waals surface area contributed by atoms with Crippen molar-refractivity contribution in [2.24, 2.45) is 17.3 Å². The Balaban J connectivity index is 2.09. The van der Waals surface area contributed by atoms with Crippen molar-refractivity contribution in [3.8, 4) is 0 Å². The number of fused-ring (bicyclic) bond motifs is 2. The van der Waals surface area contributed by atoms with Gasteiger partial charge in [0.25, 0.3) is 0 Å². The Bertz CT molecular complexity index is 368. The zero-order chi connectivity index (χ0) is 10.7. The van der Waals surface area contributed by atoms with E-state index in [2.05, 4.69) is 32.0 Å². The van der Waals surface area contributed by atoms with E-state index in [1.807, 2.05) is 0 Å². The predicted molar refractivity (Wildman–Crippen MR) is 58.5 cm³/mol. The Morgan fingerprint density at radius 3 is 2.73 bits per heavy atom. The smallest absolute Gasteiger partial charge is 0.124 e. The van der Waals surface area contributed by atoms with E-state index in [4.69, 9.17) is 4.52 Å². The minimum Gasteiger partial charge on any atom is -0.364 e. The van der Waals surface area contributed by atoms with Gasteiger partial charge in [-0.05, 0) is 36.5 Å². The highest BCUT2D eigenvalue weighted by Crippen LogP contribution is 2.69. The van der Waals surface area contributed by atoms with Gasteiger partial charge in [0, 0.05) is 11.5 Å². The molecule has 2 nitrogen and oxygen atoms in total. The van der Waals surface area contributed by atoms with E-state index >= 15 is 0 Å². The van der Waals surface area contributed by atoms with Crippen LogP contribution in [-0.2, 0) is 5.41 Å². The lowest BCUT2D eigenvalue weighted by Gasteiger charge is -2.67. The molecule has 82 valence electrons. The molecule has 0 amide bonds. The van der Waals surface area contributed by atoms with Gasteiger partial charge in [-0.2, -0.15) is 0 Å². The summed E-state index contributed by atoms with van der Waals surface area (Å²) in [5.41, 5.74) is 1.89. The van der Waals surface area contributed by atoms with Crippen molar-refractivity contribution in [2.75, 3.05) is 0 Å². The zero-order valence-corrected chi connectivity index (χ0v) is 9.79. The van der Waals surface area contributed by atoms with Crippen LogP contribution >= 0.6 is 0 Å². The van der Waals surface area contributed by atoms with E-state index in [1.54, 1.807) is 6.26 Å². The summed E-state index contributed by atoms with van der Waals surface area (Å²) in [6, 6.07) is 2.07. The second kappa shape index (κ2) is 2.66. The van der Waals surface area contributed by atoms with Crippen molar-refractivity contribution in [1.82, 2.24) is 5.16 Å². The van der Waals surface area contributed by atoms with Crippen LogP contribution in [0.15, 0.2) is 16.9 Å². The summed E-state index contributed by atoms with van der Waals surface area (Å²) in [7, 11) is 0. The molecule has 3 saturated carbocycles. The molecule has 3 aliphatic carbocycles. The maximum absolute atomic E-state index is 5.05. The molecule has 0 spiro atoms. The number of hydrogen-bond acceptors (Lipinski definition) is 2. The van der Waals surface area contributed by atoms with Gasteiger partial charge in [-0.1, -0.05) is 25.9 Å². The molecule has 3 fully saturated rings. The van der Waals surface area contributed by atoms with Gasteiger partial charge in [-0.25, -0.2) is 0 Å². The fourth-order valence-corrected chi connectivity index (χ4v) is 4.27. The van der Waals surface area contributed by atoms with Crippen LogP contribution in [-0.4, -0.2) is 5.16 Å². The largest absolute Gasteiger partial charge is 0.364 e. The van der Waals surface area contributed by atoms with E-state index in [9.17, 15) is 0 Å². The SMILES string of the molecule is CC1CCC2CC1(c1ccon1)C2(C)C. The highest BCUT2D eigenvalue weighted by Gasteiger charge is 2.66. The van der Waals surface area contributed by atoms with Crippen LogP contribution < -0.4 is 0 Å². The quantitative estimate of drug-likeness (QED) is 0.702. The molecule has 3 aliphatic rings. The van der Waals surface area contributed by atoms with Crippen molar-refractivity contribution in [3.05, 3.63) is 18.0 Å². The van der Waals surface area contributed by atoms with Gasteiger partial charge < -0.3 is 4.52 Å². The third-order valence-corrected chi connectivity index (χ3v) is 5.42. The molecule has 4 rings (SSSR count). The fourth-order valence-electron chi connectivity index (χ4n) is 4.27. The van der Waals surface area contributed by atoms with Crippen LogP contribution in [0.4, 0.5) is 0 Å². The second-order valence-corrected chi connectivity index (χ2v) is 5.96. The summed E-state index contributed by atoms with van der Waals surface area (Å²) in [5, 5.41) is 4.22. The van der Waals surface area contributed by atoms with Crippen LogP contribution in [0.2, 0.25) is 0 Å². The lowest BCUT2D eigenvalue weighted by Crippen LogP contribution is -2.64. The number of rotatable bonds is 1. The average Bonchev–Trinajstić information content (AvgIpc) is 2.70. The monoisotopic (exact) mass is 205 g/mol. The van der Waals surface area contributed by atoms with Crippen LogP contribution in [0.5, 0.6) is 0 Å². The van der Waals surface area contributed by atoms with E-state index in [1.165, 1.54) is 25.0 Å². The van der Waals surface area contributed by atoms with E-state index in [0.717, 1.165) is 11.8 Å². The topological polar surface area (TPSA) is 26.0 Å². The lowest BCUT2D eigenvalue weighted by molar-refractivity contribution is -0.137. The predicted octanol–water partition coefficient (Wildman–Crippen LogP) is 3.39. The standard InChI is InChI=1S/C13H19NO/c1-9-4-5-10-8-13(9,12(10,2)3)11-6-7-15-14-11/h6-7,9-10H,4-5,8H2,1-3H3. The summed E-state index contributed by atoms with van der Waals surface area (Å²) in [5.74, 6) is 1.63. The summed E-state index contributed by atoms with van der Waals surface area (Å²) in [6.45, 7) is 7.20. The maximum Gasteiger partial charge on any atom is 0.124 e. The molecular formula is C13H19NO. The Kier molecular flexibility index (Phi) is 1.67. The summed E-state index contributed by atoms with van der Waals surface area (Å²) in [6.07, 6.45) is 5.78. The molecule has 2 heteroatoms.